The zero-order valence-corrected chi connectivity index (χ0v) is 8.32. The lowest BCUT2D eigenvalue weighted by molar-refractivity contribution is 0.889. The molecule has 14 heavy (non-hydrogen) atoms. The average molecular weight is 193 g/mol. The first-order chi connectivity index (χ1) is 6.79. The van der Waals surface area contributed by atoms with Gasteiger partial charge in [0.25, 0.3) is 0 Å². The molecule has 1 saturated heterocycles. The molecule has 0 radical (unpaired) electrons. The molecule has 76 valence electrons. The molecule has 0 bridgehead atoms. The van der Waals surface area contributed by atoms with Crippen molar-refractivity contribution in [3.63, 3.8) is 0 Å². The normalized spacial score (nSPS) is 16.0. The summed E-state index contributed by atoms with van der Waals surface area (Å²) in [7, 11) is 0. The Balaban J connectivity index is 2.27. The second-order valence-electron chi connectivity index (χ2n) is 3.53. The van der Waals surface area contributed by atoms with Crippen LogP contribution >= 0.6 is 0 Å². The predicted octanol–water partition coefficient (Wildman–Crippen LogP) is 0.671. The first-order valence-electron chi connectivity index (χ1n) is 4.87. The van der Waals surface area contributed by atoms with Crippen molar-refractivity contribution in [1.29, 1.82) is 0 Å². The lowest BCUT2D eigenvalue weighted by Crippen LogP contribution is -2.22. The lowest BCUT2D eigenvalue weighted by Gasteiger charge is -2.16. The van der Waals surface area contributed by atoms with E-state index < -0.39 is 0 Å². The van der Waals surface area contributed by atoms with Crippen LogP contribution in [-0.4, -0.2) is 23.1 Å². The maximum absolute atomic E-state index is 5.33. The number of hydrogen-bond acceptors (Lipinski definition) is 5. The Kier molecular flexibility index (Phi) is 2.49. The van der Waals surface area contributed by atoms with Crippen molar-refractivity contribution >= 4 is 11.8 Å². The van der Waals surface area contributed by atoms with E-state index in [0.29, 0.717) is 5.82 Å². The zero-order valence-electron chi connectivity index (χ0n) is 8.32. The minimum atomic E-state index is 0.680. The maximum atomic E-state index is 5.33. The fraction of sp³-hybridized carbons (Fsp3) is 0.556. The standard InChI is InChI=1S/C9H15N5/c1-7-6-8(13-10)12-9(11-7)14-4-2-3-5-14/h6H,2-5,10H2,1H3,(H,11,12,13). The third kappa shape index (κ3) is 1.77. The molecule has 0 aromatic carbocycles. The molecular formula is C9H15N5. The fourth-order valence-corrected chi connectivity index (χ4v) is 1.69. The molecule has 1 aromatic rings. The van der Waals surface area contributed by atoms with Gasteiger partial charge in [0.05, 0.1) is 0 Å². The Morgan fingerprint density at radius 1 is 1.36 bits per heavy atom. The van der Waals surface area contributed by atoms with Gasteiger partial charge in [0.2, 0.25) is 5.95 Å². The van der Waals surface area contributed by atoms with Crippen molar-refractivity contribution in [3.8, 4) is 0 Å². The Morgan fingerprint density at radius 3 is 2.71 bits per heavy atom. The Bertz CT molecular complexity index is 319. The highest BCUT2D eigenvalue weighted by atomic mass is 15.3. The summed E-state index contributed by atoms with van der Waals surface area (Å²) >= 11 is 0. The molecule has 2 heterocycles. The smallest absolute Gasteiger partial charge is 0.227 e. The molecule has 2 rings (SSSR count). The molecule has 1 aliphatic rings. The number of aryl methyl sites for hydroxylation is 1. The summed E-state index contributed by atoms with van der Waals surface area (Å²) < 4.78 is 0. The Morgan fingerprint density at radius 2 is 2.07 bits per heavy atom. The first-order valence-corrected chi connectivity index (χ1v) is 4.87. The summed E-state index contributed by atoms with van der Waals surface area (Å²) in [4.78, 5) is 10.9. The minimum absolute atomic E-state index is 0.680. The third-order valence-electron chi connectivity index (χ3n) is 2.38. The van der Waals surface area contributed by atoms with E-state index in [1.54, 1.807) is 0 Å². The van der Waals surface area contributed by atoms with Gasteiger partial charge in [-0.1, -0.05) is 0 Å². The van der Waals surface area contributed by atoms with E-state index in [9.17, 15) is 0 Å². The molecule has 0 amide bonds. The molecule has 0 atom stereocenters. The van der Waals surface area contributed by atoms with Gasteiger partial charge in [0, 0.05) is 24.8 Å². The maximum Gasteiger partial charge on any atom is 0.227 e. The summed E-state index contributed by atoms with van der Waals surface area (Å²) in [6, 6.07) is 1.83. The van der Waals surface area contributed by atoms with Gasteiger partial charge in [0.15, 0.2) is 0 Å². The largest absolute Gasteiger partial charge is 0.341 e. The number of nitrogens with two attached hydrogens (primary N) is 1. The van der Waals surface area contributed by atoms with Crippen molar-refractivity contribution in [3.05, 3.63) is 11.8 Å². The molecule has 0 saturated carbocycles. The molecule has 0 unspecified atom stereocenters. The van der Waals surface area contributed by atoms with Gasteiger partial charge >= 0.3 is 0 Å². The van der Waals surface area contributed by atoms with E-state index in [-0.39, 0.29) is 0 Å². The molecule has 1 fully saturated rings. The molecule has 5 nitrogen and oxygen atoms in total. The highest BCUT2D eigenvalue weighted by Crippen LogP contribution is 2.17. The van der Waals surface area contributed by atoms with Gasteiger partial charge in [-0.05, 0) is 19.8 Å². The van der Waals surface area contributed by atoms with Crippen LogP contribution in [-0.2, 0) is 0 Å². The zero-order chi connectivity index (χ0) is 9.97. The molecule has 0 aliphatic carbocycles. The summed E-state index contributed by atoms with van der Waals surface area (Å²) in [5, 5.41) is 0. The third-order valence-corrected chi connectivity index (χ3v) is 2.38. The number of aromatic nitrogens is 2. The van der Waals surface area contributed by atoms with Crippen molar-refractivity contribution in [1.82, 2.24) is 9.97 Å². The van der Waals surface area contributed by atoms with Crippen LogP contribution in [0.15, 0.2) is 6.07 Å². The summed E-state index contributed by atoms with van der Waals surface area (Å²) in [5.41, 5.74) is 3.49. The van der Waals surface area contributed by atoms with Crippen LogP contribution in [0.1, 0.15) is 18.5 Å². The van der Waals surface area contributed by atoms with Crippen LogP contribution in [0.25, 0.3) is 0 Å². The number of rotatable bonds is 2. The number of nitrogens with one attached hydrogen (secondary N) is 1. The van der Waals surface area contributed by atoms with Gasteiger partial charge in [0.1, 0.15) is 5.82 Å². The lowest BCUT2D eigenvalue weighted by atomic mass is 10.4. The van der Waals surface area contributed by atoms with E-state index in [4.69, 9.17) is 5.84 Å². The van der Waals surface area contributed by atoms with Crippen LogP contribution in [0.2, 0.25) is 0 Å². The number of nitrogen functional groups attached to an aromatic ring is 1. The van der Waals surface area contributed by atoms with Crippen LogP contribution in [0.3, 0.4) is 0 Å². The quantitative estimate of drug-likeness (QED) is 0.534. The van der Waals surface area contributed by atoms with Gasteiger partial charge in [-0.15, -0.1) is 0 Å². The molecule has 1 aliphatic heterocycles. The predicted molar refractivity (Wildman–Crippen MR) is 56.0 cm³/mol. The molecular weight excluding hydrogens is 178 g/mol. The fourth-order valence-electron chi connectivity index (χ4n) is 1.69. The number of anilines is 2. The van der Waals surface area contributed by atoms with Crippen LogP contribution in [0.5, 0.6) is 0 Å². The molecule has 3 N–H and O–H groups in total. The SMILES string of the molecule is Cc1cc(NN)nc(N2CCCC2)n1. The molecule has 5 heteroatoms. The second kappa shape index (κ2) is 3.79. The second-order valence-corrected chi connectivity index (χ2v) is 3.53. The molecule has 1 aromatic heterocycles. The summed E-state index contributed by atoms with van der Waals surface area (Å²) in [6.07, 6.45) is 2.45. The van der Waals surface area contributed by atoms with E-state index in [1.165, 1.54) is 12.8 Å². The average Bonchev–Trinajstić information content (AvgIpc) is 2.69. The van der Waals surface area contributed by atoms with Gasteiger partial charge < -0.3 is 10.3 Å². The van der Waals surface area contributed by atoms with Crippen molar-refractivity contribution < 1.29 is 0 Å². The summed E-state index contributed by atoms with van der Waals surface area (Å²) in [6.45, 7) is 4.04. The Labute approximate surface area is 83.3 Å². The Hall–Kier alpha value is -1.36. The van der Waals surface area contributed by atoms with Crippen molar-refractivity contribution in [2.45, 2.75) is 19.8 Å². The van der Waals surface area contributed by atoms with E-state index in [0.717, 1.165) is 24.7 Å². The van der Waals surface area contributed by atoms with E-state index >= 15 is 0 Å². The van der Waals surface area contributed by atoms with Gasteiger partial charge in [-0.3, -0.25) is 0 Å². The topological polar surface area (TPSA) is 67.1 Å². The van der Waals surface area contributed by atoms with Crippen molar-refractivity contribution in [2.75, 3.05) is 23.4 Å². The number of nitrogens with zero attached hydrogens (tertiary/aromatic N) is 3. The van der Waals surface area contributed by atoms with Crippen molar-refractivity contribution in [2.24, 2.45) is 5.84 Å². The van der Waals surface area contributed by atoms with Gasteiger partial charge in [-0.25, -0.2) is 10.8 Å². The number of hydrogen-bond donors (Lipinski definition) is 2. The first kappa shape index (κ1) is 9.21. The monoisotopic (exact) mass is 193 g/mol. The van der Waals surface area contributed by atoms with Gasteiger partial charge in [-0.2, -0.15) is 4.98 Å². The van der Waals surface area contributed by atoms with Crippen LogP contribution in [0.4, 0.5) is 11.8 Å². The van der Waals surface area contributed by atoms with Crippen LogP contribution < -0.4 is 16.2 Å². The highest BCUT2D eigenvalue weighted by molar-refractivity contribution is 5.43. The van der Waals surface area contributed by atoms with E-state index in [1.807, 2.05) is 13.0 Å². The minimum Gasteiger partial charge on any atom is -0.341 e. The molecule has 0 spiro atoms. The van der Waals surface area contributed by atoms with E-state index in [2.05, 4.69) is 20.3 Å². The summed E-state index contributed by atoms with van der Waals surface area (Å²) in [5.74, 6) is 6.79. The van der Waals surface area contributed by atoms with Crippen LogP contribution in [0, 0.1) is 6.92 Å². The highest BCUT2D eigenvalue weighted by Gasteiger charge is 2.15. The number of hydrazine groups is 1.